The van der Waals surface area contributed by atoms with Crippen molar-refractivity contribution < 1.29 is 32.3 Å². The third-order valence-corrected chi connectivity index (χ3v) is 5.55. The van der Waals surface area contributed by atoms with Crippen LogP contribution in [0.1, 0.15) is 22.2 Å². The number of rotatable bonds is 4. The lowest BCUT2D eigenvalue weighted by Crippen LogP contribution is -2.72. The van der Waals surface area contributed by atoms with Gasteiger partial charge in [0.1, 0.15) is 23.5 Å². The van der Waals surface area contributed by atoms with Crippen molar-refractivity contribution in [3.63, 3.8) is 0 Å². The molecule has 0 unspecified atom stereocenters. The van der Waals surface area contributed by atoms with Crippen molar-refractivity contribution in [1.82, 2.24) is 10.6 Å². The van der Waals surface area contributed by atoms with Crippen LogP contribution in [0.25, 0.3) is 11.3 Å². The second-order valence-corrected chi connectivity index (χ2v) is 7.64. The Bertz CT molecular complexity index is 1170. The average molecular weight is 465 g/mol. The summed E-state index contributed by atoms with van der Waals surface area (Å²) in [4.78, 5) is 25.3. The number of amides is 2. The zero-order valence-electron chi connectivity index (χ0n) is 16.2. The monoisotopic (exact) mass is 464 g/mol. The minimum atomic E-state index is -5.35. The molecule has 166 valence electrons. The highest BCUT2D eigenvalue weighted by Crippen LogP contribution is 2.45. The van der Waals surface area contributed by atoms with Crippen molar-refractivity contribution in [2.45, 2.75) is 17.9 Å². The van der Waals surface area contributed by atoms with Crippen molar-refractivity contribution in [3.05, 3.63) is 83.1 Å². The van der Waals surface area contributed by atoms with E-state index in [1.54, 1.807) is 30.3 Å². The fourth-order valence-corrected chi connectivity index (χ4v) is 3.91. The topological polar surface area (TPSA) is 91.6 Å². The molecule has 2 heterocycles. The molecule has 0 saturated carbocycles. The molecular formula is C22H16ClF3N2O4. The highest BCUT2D eigenvalue weighted by Gasteiger charge is 2.66. The van der Waals surface area contributed by atoms with E-state index in [0.717, 1.165) is 0 Å². The first-order valence-electron chi connectivity index (χ1n) is 9.43. The van der Waals surface area contributed by atoms with Gasteiger partial charge in [-0.05, 0) is 24.3 Å². The predicted molar refractivity (Wildman–Crippen MR) is 109 cm³/mol. The van der Waals surface area contributed by atoms with E-state index < -0.39 is 35.7 Å². The Labute approximate surface area is 185 Å². The SMILES string of the molecule is O=C1N[C@H](c2ccc(-c3ccccc3Cl)o2)[C@H](C(=O)c2ccccc2)[C@@](O)(C(F)(F)F)N1. The summed E-state index contributed by atoms with van der Waals surface area (Å²) in [6.07, 6.45) is -5.35. The maximum Gasteiger partial charge on any atom is 0.437 e. The number of Topliss-reactive ketones (excluding diaryl/α,β-unsaturated/α-hetero) is 1. The molecule has 2 aromatic carbocycles. The van der Waals surface area contributed by atoms with Crippen molar-refractivity contribution in [2.75, 3.05) is 0 Å². The van der Waals surface area contributed by atoms with Gasteiger partial charge in [-0.15, -0.1) is 0 Å². The predicted octanol–water partition coefficient (Wildman–Crippen LogP) is 4.70. The second-order valence-electron chi connectivity index (χ2n) is 7.23. The number of nitrogens with one attached hydrogen (secondary N) is 2. The zero-order valence-corrected chi connectivity index (χ0v) is 16.9. The largest absolute Gasteiger partial charge is 0.459 e. The fraction of sp³-hybridized carbons (Fsp3) is 0.182. The van der Waals surface area contributed by atoms with Gasteiger partial charge >= 0.3 is 12.2 Å². The number of carbonyl (C=O) groups is 2. The minimum Gasteiger partial charge on any atom is -0.459 e. The lowest BCUT2D eigenvalue weighted by Gasteiger charge is -2.44. The molecule has 3 aromatic rings. The van der Waals surface area contributed by atoms with Gasteiger partial charge in [-0.2, -0.15) is 13.2 Å². The van der Waals surface area contributed by atoms with Gasteiger partial charge in [0.2, 0.25) is 5.72 Å². The normalized spacial score (nSPS) is 23.3. The molecule has 1 saturated heterocycles. The number of alkyl halides is 3. The quantitative estimate of drug-likeness (QED) is 0.488. The molecule has 0 radical (unpaired) electrons. The van der Waals surface area contributed by atoms with Crippen LogP contribution in [0.3, 0.4) is 0 Å². The lowest BCUT2D eigenvalue weighted by molar-refractivity contribution is -0.288. The van der Waals surface area contributed by atoms with Crippen LogP contribution in [0.5, 0.6) is 0 Å². The highest BCUT2D eigenvalue weighted by atomic mass is 35.5. The zero-order chi connectivity index (χ0) is 23.1. The summed E-state index contributed by atoms with van der Waals surface area (Å²) in [6.45, 7) is 0. The summed E-state index contributed by atoms with van der Waals surface area (Å²) in [5, 5.41) is 14.7. The van der Waals surface area contributed by atoms with Gasteiger partial charge in [0.05, 0.1) is 5.02 Å². The van der Waals surface area contributed by atoms with Crippen molar-refractivity contribution in [3.8, 4) is 11.3 Å². The number of urea groups is 1. The first-order chi connectivity index (χ1) is 15.1. The number of furan rings is 1. The Morgan fingerprint density at radius 1 is 1.03 bits per heavy atom. The maximum atomic E-state index is 13.9. The molecule has 1 aromatic heterocycles. The molecule has 2 amide bonds. The number of carbonyl (C=O) groups excluding carboxylic acids is 2. The fourth-order valence-electron chi connectivity index (χ4n) is 3.68. The molecule has 1 aliphatic heterocycles. The van der Waals surface area contributed by atoms with E-state index in [2.05, 4.69) is 5.32 Å². The molecule has 10 heteroatoms. The summed E-state index contributed by atoms with van der Waals surface area (Å²) < 4.78 is 47.5. The van der Waals surface area contributed by atoms with E-state index in [0.29, 0.717) is 10.6 Å². The van der Waals surface area contributed by atoms with Gasteiger partial charge in [0.25, 0.3) is 0 Å². The van der Waals surface area contributed by atoms with E-state index >= 15 is 0 Å². The van der Waals surface area contributed by atoms with Gasteiger partial charge in [0, 0.05) is 11.1 Å². The van der Waals surface area contributed by atoms with Gasteiger partial charge in [-0.3, -0.25) is 4.79 Å². The molecule has 0 bridgehead atoms. The first kappa shape index (κ1) is 21.9. The number of hydrogen-bond acceptors (Lipinski definition) is 4. The van der Waals surface area contributed by atoms with Crippen LogP contribution in [0.4, 0.5) is 18.0 Å². The molecule has 1 aliphatic rings. The van der Waals surface area contributed by atoms with Crippen LogP contribution in [-0.4, -0.2) is 28.8 Å². The Morgan fingerprint density at radius 2 is 1.69 bits per heavy atom. The van der Waals surface area contributed by atoms with Crippen LogP contribution < -0.4 is 10.6 Å². The number of ketones is 1. The number of benzene rings is 2. The van der Waals surface area contributed by atoms with Gasteiger partial charge < -0.3 is 20.2 Å². The third kappa shape index (κ3) is 3.74. The van der Waals surface area contributed by atoms with Crippen LogP contribution in [0.15, 0.2) is 71.1 Å². The van der Waals surface area contributed by atoms with Crippen LogP contribution in [0, 0.1) is 5.92 Å². The van der Waals surface area contributed by atoms with Crippen molar-refractivity contribution >= 4 is 23.4 Å². The summed E-state index contributed by atoms with van der Waals surface area (Å²) in [5.41, 5.74) is -3.43. The summed E-state index contributed by atoms with van der Waals surface area (Å²) >= 11 is 6.16. The summed E-state index contributed by atoms with van der Waals surface area (Å²) in [5.74, 6) is -3.13. The lowest BCUT2D eigenvalue weighted by atomic mass is 9.79. The minimum absolute atomic E-state index is 0.0685. The molecule has 32 heavy (non-hydrogen) atoms. The van der Waals surface area contributed by atoms with E-state index in [-0.39, 0.29) is 17.1 Å². The van der Waals surface area contributed by atoms with E-state index in [4.69, 9.17) is 16.0 Å². The Kier molecular flexibility index (Phi) is 5.47. The molecule has 3 N–H and O–H groups in total. The molecular weight excluding hydrogens is 449 g/mol. The average Bonchev–Trinajstić information content (AvgIpc) is 3.23. The van der Waals surface area contributed by atoms with Crippen LogP contribution >= 0.6 is 11.6 Å². The standard InChI is InChI=1S/C22H16ClF3N2O4/c23-14-9-5-4-8-13(14)15-10-11-16(32-15)18-17(19(29)12-6-2-1-3-7-12)21(31,22(24,25)26)28-20(30)27-18/h1-11,17-18,31H,(H2,27,28,30)/t17-,18-,21-/m1/s1. The third-order valence-electron chi connectivity index (χ3n) is 5.22. The maximum absolute atomic E-state index is 13.9. The Balaban J connectivity index is 1.82. The van der Waals surface area contributed by atoms with Crippen molar-refractivity contribution in [2.24, 2.45) is 5.92 Å². The smallest absolute Gasteiger partial charge is 0.437 e. The Morgan fingerprint density at radius 3 is 2.34 bits per heavy atom. The second kappa shape index (κ2) is 7.99. The molecule has 1 fully saturated rings. The number of hydrogen-bond donors (Lipinski definition) is 3. The number of halogens is 4. The highest BCUT2D eigenvalue weighted by molar-refractivity contribution is 6.33. The van der Waals surface area contributed by atoms with Crippen LogP contribution in [0.2, 0.25) is 5.02 Å². The van der Waals surface area contributed by atoms with Gasteiger partial charge in [0.15, 0.2) is 5.78 Å². The van der Waals surface area contributed by atoms with Gasteiger partial charge in [-0.1, -0.05) is 54.1 Å². The van der Waals surface area contributed by atoms with E-state index in [1.165, 1.54) is 41.7 Å². The summed E-state index contributed by atoms with van der Waals surface area (Å²) in [7, 11) is 0. The first-order valence-corrected chi connectivity index (χ1v) is 9.81. The molecule has 0 aliphatic carbocycles. The van der Waals surface area contributed by atoms with Crippen molar-refractivity contribution in [1.29, 1.82) is 0 Å². The van der Waals surface area contributed by atoms with Gasteiger partial charge in [-0.25, -0.2) is 4.79 Å². The molecule has 3 atom stereocenters. The molecule has 4 rings (SSSR count). The van der Waals surface area contributed by atoms with Crippen LogP contribution in [-0.2, 0) is 0 Å². The van der Waals surface area contributed by atoms with E-state index in [1.807, 2.05) is 0 Å². The number of aliphatic hydroxyl groups is 1. The van der Waals surface area contributed by atoms with E-state index in [9.17, 15) is 27.9 Å². The molecule has 6 nitrogen and oxygen atoms in total. The summed E-state index contributed by atoms with van der Waals surface area (Å²) in [6, 6.07) is 13.7. The Hall–Kier alpha value is -3.30. The molecule has 0 spiro atoms.